The van der Waals surface area contributed by atoms with E-state index in [1.54, 1.807) is 0 Å². The highest BCUT2D eigenvalue weighted by atomic mass is 16.4. The first kappa shape index (κ1) is 13.2. The fourth-order valence-corrected chi connectivity index (χ4v) is 1.54. The number of hydrogen-bond donors (Lipinski definition) is 3. The van der Waals surface area contributed by atoms with Crippen LogP contribution in [0.4, 0.5) is 0 Å². The number of oxime groups is 1. The SMILES string of the molecule is CCC(C/C(N)=N/O)N(CC)CCO. The van der Waals surface area contributed by atoms with Crippen molar-refractivity contribution < 1.29 is 10.3 Å². The summed E-state index contributed by atoms with van der Waals surface area (Å²) < 4.78 is 0. The Hall–Kier alpha value is -0.810. The number of aliphatic hydroxyl groups is 1. The number of rotatable bonds is 7. The fourth-order valence-electron chi connectivity index (χ4n) is 1.54. The predicted molar refractivity (Wildman–Crippen MR) is 56.4 cm³/mol. The Labute approximate surface area is 85.2 Å². The molecule has 0 radical (unpaired) electrons. The Morgan fingerprint density at radius 2 is 2.14 bits per heavy atom. The van der Waals surface area contributed by atoms with E-state index in [4.69, 9.17) is 16.0 Å². The van der Waals surface area contributed by atoms with Crippen LogP contribution in [0.3, 0.4) is 0 Å². The third kappa shape index (κ3) is 4.43. The smallest absolute Gasteiger partial charge is 0.140 e. The average Bonchev–Trinajstić information content (AvgIpc) is 2.22. The molecule has 0 saturated heterocycles. The Balaban J connectivity index is 4.20. The summed E-state index contributed by atoms with van der Waals surface area (Å²) in [7, 11) is 0. The molecule has 1 unspecified atom stereocenters. The van der Waals surface area contributed by atoms with E-state index in [2.05, 4.69) is 17.0 Å². The first-order valence-corrected chi connectivity index (χ1v) is 5.00. The van der Waals surface area contributed by atoms with Gasteiger partial charge < -0.3 is 16.0 Å². The van der Waals surface area contributed by atoms with Crippen molar-refractivity contribution in [2.24, 2.45) is 10.9 Å². The van der Waals surface area contributed by atoms with Crippen LogP contribution in [-0.4, -0.2) is 46.8 Å². The van der Waals surface area contributed by atoms with Gasteiger partial charge in [-0.2, -0.15) is 0 Å². The van der Waals surface area contributed by atoms with Crippen LogP contribution >= 0.6 is 0 Å². The molecule has 0 aliphatic rings. The molecule has 14 heavy (non-hydrogen) atoms. The summed E-state index contributed by atoms with van der Waals surface area (Å²) in [6, 6.07) is 0.239. The van der Waals surface area contributed by atoms with Gasteiger partial charge in [0.1, 0.15) is 5.84 Å². The van der Waals surface area contributed by atoms with Crippen molar-refractivity contribution in [3.05, 3.63) is 0 Å². The van der Waals surface area contributed by atoms with E-state index in [1.807, 2.05) is 6.92 Å². The summed E-state index contributed by atoms with van der Waals surface area (Å²) in [5, 5.41) is 20.3. The number of nitrogens with two attached hydrogens (primary N) is 1. The van der Waals surface area contributed by atoms with Gasteiger partial charge in [0.2, 0.25) is 0 Å². The molecule has 0 amide bonds. The molecule has 84 valence electrons. The van der Waals surface area contributed by atoms with Crippen LogP contribution in [0.1, 0.15) is 26.7 Å². The second-order valence-corrected chi connectivity index (χ2v) is 3.21. The molecular formula is C9H21N3O2. The highest BCUT2D eigenvalue weighted by Crippen LogP contribution is 2.07. The van der Waals surface area contributed by atoms with Crippen molar-refractivity contribution in [1.82, 2.24) is 4.90 Å². The lowest BCUT2D eigenvalue weighted by molar-refractivity contribution is 0.155. The second-order valence-electron chi connectivity index (χ2n) is 3.21. The maximum Gasteiger partial charge on any atom is 0.140 e. The molecule has 4 N–H and O–H groups in total. The molecule has 0 aliphatic carbocycles. The third-order valence-corrected chi connectivity index (χ3v) is 2.35. The molecular weight excluding hydrogens is 182 g/mol. The summed E-state index contributed by atoms with van der Waals surface area (Å²) in [4.78, 5) is 2.12. The number of nitrogens with zero attached hydrogens (tertiary/aromatic N) is 2. The molecule has 1 atom stereocenters. The lowest BCUT2D eigenvalue weighted by atomic mass is 10.1. The molecule has 5 nitrogen and oxygen atoms in total. The lowest BCUT2D eigenvalue weighted by Gasteiger charge is -2.28. The molecule has 0 aliphatic heterocycles. The second kappa shape index (κ2) is 7.58. The van der Waals surface area contributed by atoms with Crippen LogP contribution in [0.25, 0.3) is 0 Å². The van der Waals surface area contributed by atoms with E-state index in [-0.39, 0.29) is 18.5 Å². The van der Waals surface area contributed by atoms with E-state index in [1.165, 1.54) is 0 Å². The van der Waals surface area contributed by atoms with E-state index < -0.39 is 0 Å². The van der Waals surface area contributed by atoms with Gasteiger partial charge in [-0.3, -0.25) is 4.90 Å². The van der Waals surface area contributed by atoms with Crippen LogP contribution in [0.15, 0.2) is 5.16 Å². The van der Waals surface area contributed by atoms with Gasteiger partial charge in [-0.25, -0.2) is 0 Å². The molecule has 0 bridgehead atoms. The highest BCUT2D eigenvalue weighted by Gasteiger charge is 2.15. The van der Waals surface area contributed by atoms with Gasteiger partial charge in [-0.05, 0) is 13.0 Å². The van der Waals surface area contributed by atoms with Gasteiger partial charge in [-0.15, -0.1) is 0 Å². The quantitative estimate of drug-likeness (QED) is 0.239. The van der Waals surface area contributed by atoms with E-state index in [0.29, 0.717) is 13.0 Å². The minimum absolute atomic E-state index is 0.139. The van der Waals surface area contributed by atoms with Crippen molar-refractivity contribution in [3.63, 3.8) is 0 Å². The molecule has 0 aromatic rings. The average molecular weight is 203 g/mol. The van der Waals surface area contributed by atoms with Crippen LogP contribution in [-0.2, 0) is 0 Å². The maximum absolute atomic E-state index is 8.85. The molecule has 0 saturated carbocycles. The van der Waals surface area contributed by atoms with Gasteiger partial charge in [-0.1, -0.05) is 19.0 Å². The van der Waals surface area contributed by atoms with Gasteiger partial charge in [0.15, 0.2) is 0 Å². The normalized spacial score (nSPS) is 14.7. The zero-order valence-corrected chi connectivity index (χ0v) is 8.98. The minimum Gasteiger partial charge on any atom is -0.409 e. The van der Waals surface area contributed by atoms with Gasteiger partial charge in [0, 0.05) is 19.0 Å². The monoisotopic (exact) mass is 203 g/mol. The van der Waals surface area contributed by atoms with Crippen LogP contribution < -0.4 is 5.73 Å². The zero-order chi connectivity index (χ0) is 11.0. The van der Waals surface area contributed by atoms with Crippen molar-refractivity contribution in [2.75, 3.05) is 19.7 Å². The van der Waals surface area contributed by atoms with E-state index >= 15 is 0 Å². The summed E-state index contributed by atoms with van der Waals surface area (Å²) in [6.45, 7) is 5.71. The van der Waals surface area contributed by atoms with Crippen molar-refractivity contribution >= 4 is 5.84 Å². The van der Waals surface area contributed by atoms with Crippen molar-refractivity contribution in [1.29, 1.82) is 0 Å². The molecule has 0 rings (SSSR count). The number of aliphatic hydroxyl groups excluding tert-OH is 1. The first-order chi connectivity index (χ1) is 6.69. The highest BCUT2D eigenvalue weighted by molar-refractivity contribution is 5.80. The summed E-state index contributed by atoms with van der Waals surface area (Å²) >= 11 is 0. The van der Waals surface area contributed by atoms with Crippen LogP contribution in [0.2, 0.25) is 0 Å². The summed E-state index contributed by atoms with van der Waals surface area (Å²) in [5.41, 5.74) is 5.45. The summed E-state index contributed by atoms with van der Waals surface area (Å²) in [5.74, 6) is 0.244. The number of likely N-dealkylation sites (N-methyl/N-ethyl adjacent to an activating group) is 1. The van der Waals surface area contributed by atoms with E-state index in [9.17, 15) is 0 Å². The topological polar surface area (TPSA) is 82.1 Å². The zero-order valence-electron chi connectivity index (χ0n) is 8.98. The Morgan fingerprint density at radius 3 is 2.50 bits per heavy atom. The lowest BCUT2D eigenvalue weighted by Crippen LogP contribution is -2.39. The van der Waals surface area contributed by atoms with Gasteiger partial charge >= 0.3 is 0 Å². The fraction of sp³-hybridized carbons (Fsp3) is 0.889. The van der Waals surface area contributed by atoms with Crippen LogP contribution in [0, 0.1) is 0 Å². The van der Waals surface area contributed by atoms with Gasteiger partial charge in [0.25, 0.3) is 0 Å². The predicted octanol–water partition coefficient (Wildman–Crippen LogP) is 0.216. The Bertz CT molecular complexity index is 173. The number of amidine groups is 1. The Morgan fingerprint density at radius 1 is 1.50 bits per heavy atom. The van der Waals surface area contributed by atoms with Crippen molar-refractivity contribution in [3.8, 4) is 0 Å². The molecule has 5 heteroatoms. The molecule has 0 aromatic heterocycles. The Kier molecular flexibility index (Phi) is 7.14. The van der Waals surface area contributed by atoms with Crippen LogP contribution in [0.5, 0.6) is 0 Å². The molecule has 0 fully saturated rings. The number of hydrogen-bond acceptors (Lipinski definition) is 4. The van der Waals surface area contributed by atoms with Crippen molar-refractivity contribution in [2.45, 2.75) is 32.7 Å². The minimum atomic E-state index is 0.139. The maximum atomic E-state index is 8.85. The molecule has 0 spiro atoms. The molecule has 0 aromatic carbocycles. The largest absolute Gasteiger partial charge is 0.409 e. The van der Waals surface area contributed by atoms with Gasteiger partial charge in [0.05, 0.1) is 6.61 Å². The first-order valence-electron chi connectivity index (χ1n) is 5.00. The molecule has 0 heterocycles. The van der Waals surface area contributed by atoms with E-state index in [0.717, 1.165) is 13.0 Å². The summed E-state index contributed by atoms with van der Waals surface area (Å²) in [6.07, 6.45) is 1.46. The standard InChI is InChI=1S/C9H21N3O2/c1-3-8(7-9(10)11-14)12(4-2)5-6-13/h8,13-14H,3-7H2,1-2H3,(H2,10,11). The third-order valence-electron chi connectivity index (χ3n) is 2.35.